The summed E-state index contributed by atoms with van der Waals surface area (Å²) in [5, 5.41) is 0. The first-order valence-electron chi connectivity index (χ1n) is 7.26. The molecule has 0 aromatic heterocycles. The molecule has 0 radical (unpaired) electrons. The molecule has 0 aliphatic heterocycles. The van der Waals surface area contributed by atoms with Gasteiger partial charge in [0.25, 0.3) is 0 Å². The number of nitrogens with zero attached hydrogens (tertiary/aromatic N) is 1. The van der Waals surface area contributed by atoms with E-state index >= 15 is 0 Å². The highest BCUT2D eigenvalue weighted by atomic mass is 19.1. The van der Waals surface area contributed by atoms with Crippen LogP contribution in [-0.4, -0.2) is 30.1 Å². The third-order valence-electron chi connectivity index (χ3n) is 3.42. The molecule has 1 atom stereocenters. The monoisotopic (exact) mass is 282 g/mol. The van der Waals surface area contributed by atoms with E-state index in [-0.39, 0.29) is 11.9 Å². The lowest BCUT2D eigenvalue weighted by Gasteiger charge is -2.30. The van der Waals surface area contributed by atoms with Gasteiger partial charge in [-0.2, -0.15) is 0 Å². The van der Waals surface area contributed by atoms with Crippen LogP contribution in [0.25, 0.3) is 0 Å². The molecule has 2 N–H and O–H groups in total. The number of ether oxygens (including phenoxy) is 1. The number of rotatable bonds is 7. The van der Waals surface area contributed by atoms with Crippen LogP contribution in [0.15, 0.2) is 18.2 Å². The molecule has 4 heteroatoms. The summed E-state index contributed by atoms with van der Waals surface area (Å²) in [5.74, 6) is -0.0534. The lowest BCUT2D eigenvalue weighted by Crippen LogP contribution is -2.39. The smallest absolute Gasteiger partial charge is 0.165 e. The van der Waals surface area contributed by atoms with Crippen molar-refractivity contribution >= 4 is 0 Å². The summed E-state index contributed by atoms with van der Waals surface area (Å²) in [6.45, 7) is 11.7. The summed E-state index contributed by atoms with van der Waals surface area (Å²) in [5.41, 5.74) is 6.50. The summed E-state index contributed by atoms with van der Waals surface area (Å²) in [7, 11) is 0. The van der Waals surface area contributed by atoms with Crippen LogP contribution in [0.2, 0.25) is 0 Å². The van der Waals surface area contributed by atoms with Gasteiger partial charge in [0.1, 0.15) is 6.61 Å². The topological polar surface area (TPSA) is 38.5 Å². The van der Waals surface area contributed by atoms with Crippen LogP contribution in [0.5, 0.6) is 5.75 Å². The second-order valence-electron chi connectivity index (χ2n) is 5.75. The zero-order chi connectivity index (χ0) is 15.3. The summed E-state index contributed by atoms with van der Waals surface area (Å²) in [4.78, 5) is 2.31. The van der Waals surface area contributed by atoms with E-state index in [1.54, 1.807) is 6.07 Å². The van der Waals surface area contributed by atoms with E-state index in [9.17, 15) is 4.39 Å². The van der Waals surface area contributed by atoms with Crippen molar-refractivity contribution in [3.8, 4) is 5.75 Å². The molecule has 0 saturated heterocycles. The number of nitrogens with two attached hydrogens (primary N) is 1. The van der Waals surface area contributed by atoms with Crippen molar-refractivity contribution in [2.24, 2.45) is 5.73 Å². The molecule has 0 unspecified atom stereocenters. The lowest BCUT2D eigenvalue weighted by molar-refractivity contribution is 0.140. The van der Waals surface area contributed by atoms with Crippen LogP contribution >= 0.6 is 0 Å². The molecule has 114 valence electrons. The Hall–Kier alpha value is -1.13. The van der Waals surface area contributed by atoms with Crippen LogP contribution in [0.4, 0.5) is 4.39 Å². The molecule has 0 bridgehead atoms. The number of hydrogen-bond donors (Lipinski definition) is 1. The van der Waals surface area contributed by atoms with Gasteiger partial charge in [0.15, 0.2) is 11.6 Å². The van der Waals surface area contributed by atoms with Gasteiger partial charge in [0, 0.05) is 24.7 Å². The summed E-state index contributed by atoms with van der Waals surface area (Å²) >= 11 is 0. The third-order valence-corrected chi connectivity index (χ3v) is 3.42. The van der Waals surface area contributed by atoms with Crippen LogP contribution < -0.4 is 10.5 Å². The van der Waals surface area contributed by atoms with Gasteiger partial charge in [-0.1, -0.05) is 6.07 Å². The highest BCUT2D eigenvalue weighted by Gasteiger charge is 2.13. The predicted molar refractivity (Wildman–Crippen MR) is 81.5 cm³/mol. The van der Waals surface area contributed by atoms with Gasteiger partial charge in [-0.05, 0) is 52.3 Å². The van der Waals surface area contributed by atoms with Crippen molar-refractivity contribution in [3.05, 3.63) is 29.6 Å². The molecule has 20 heavy (non-hydrogen) atoms. The fourth-order valence-corrected chi connectivity index (χ4v) is 2.29. The van der Waals surface area contributed by atoms with Crippen molar-refractivity contribution in [1.82, 2.24) is 4.90 Å². The zero-order valence-corrected chi connectivity index (χ0v) is 13.2. The van der Waals surface area contributed by atoms with E-state index in [0.717, 1.165) is 12.1 Å². The molecule has 0 amide bonds. The molecule has 0 fully saturated rings. The molecule has 1 aromatic carbocycles. The van der Waals surface area contributed by atoms with Crippen LogP contribution in [0, 0.1) is 5.82 Å². The van der Waals surface area contributed by atoms with Gasteiger partial charge in [-0.25, -0.2) is 4.39 Å². The van der Waals surface area contributed by atoms with Gasteiger partial charge in [0.05, 0.1) is 0 Å². The summed E-state index contributed by atoms with van der Waals surface area (Å²) in [6.07, 6.45) is 0. The van der Waals surface area contributed by atoms with Crippen LogP contribution in [0.1, 0.15) is 46.2 Å². The van der Waals surface area contributed by atoms with E-state index in [4.69, 9.17) is 10.5 Å². The first-order chi connectivity index (χ1) is 9.32. The Morgan fingerprint density at radius 2 is 1.75 bits per heavy atom. The van der Waals surface area contributed by atoms with Crippen LogP contribution in [-0.2, 0) is 0 Å². The van der Waals surface area contributed by atoms with Crippen molar-refractivity contribution < 1.29 is 9.13 Å². The molecule has 1 aromatic rings. The molecule has 0 saturated carbocycles. The minimum Gasteiger partial charge on any atom is -0.489 e. The molecular formula is C16H27FN2O. The highest BCUT2D eigenvalue weighted by Crippen LogP contribution is 2.21. The molecule has 3 nitrogen and oxygen atoms in total. The maximum Gasteiger partial charge on any atom is 0.165 e. The second-order valence-corrected chi connectivity index (χ2v) is 5.75. The summed E-state index contributed by atoms with van der Waals surface area (Å²) in [6, 6.07) is 5.64. The van der Waals surface area contributed by atoms with Crippen molar-refractivity contribution in [2.75, 3.05) is 13.2 Å². The Morgan fingerprint density at radius 3 is 2.20 bits per heavy atom. The Kier molecular flexibility index (Phi) is 6.43. The first-order valence-corrected chi connectivity index (χ1v) is 7.26. The Bertz CT molecular complexity index is 411. The maximum absolute atomic E-state index is 13.9. The van der Waals surface area contributed by atoms with E-state index < -0.39 is 0 Å². The fourth-order valence-electron chi connectivity index (χ4n) is 2.29. The Morgan fingerprint density at radius 1 is 1.15 bits per heavy atom. The van der Waals surface area contributed by atoms with Gasteiger partial charge in [0.2, 0.25) is 0 Å². The second kappa shape index (κ2) is 7.60. The van der Waals surface area contributed by atoms with E-state index in [2.05, 4.69) is 32.6 Å². The van der Waals surface area contributed by atoms with E-state index in [0.29, 0.717) is 24.4 Å². The maximum atomic E-state index is 13.9. The Labute approximate surface area is 121 Å². The predicted octanol–water partition coefficient (Wildman–Crippen LogP) is 3.34. The van der Waals surface area contributed by atoms with Crippen molar-refractivity contribution in [1.29, 1.82) is 0 Å². The van der Waals surface area contributed by atoms with Gasteiger partial charge < -0.3 is 10.5 Å². The van der Waals surface area contributed by atoms with Crippen molar-refractivity contribution in [2.45, 2.75) is 52.7 Å². The quantitative estimate of drug-likeness (QED) is 0.833. The molecule has 0 spiro atoms. The Balaban J connectivity index is 2.58. The number of halogens is 1. The molecule has 0 aliphatic carbocycles. The van der Waals surface area contributed by atoms with Gasteiger partial charge in [-0.3, -0.25) is 4.90 Å². The minimum atomic E-state index is -0.347. The van der Waals surface area contributed by atoms with Gasteiger partial charge >= 0.3 is 0 Å². The molecule has 0 heterocycles. The minimum absolute atomic E-state index is 0.170. The first kappa shape index (κ1) is 16.9. The average molecular weight is 282 g/mol. The zero-order valence-electron chi connectivity index (χ0n) is 13.2. The standard InChI is InChI=1S/C16H27FN2O/c1-11(2)19(12(3)4)8-9-20-16-7-6-14(13(5)18)10-15(16)17/h6-7,10-13H,8-9,18H2,1-5H3/t13-/m1/s1. The molecular weight excluding hydrogens is 255 g/mol. The normalized spacial score (nSPS) is 13.3. The van der Waals surface area contributed by atoms with E-state index in [1.165, 1.54) is 6.07 Å². The van der Waals surface area contributed by atoms with E-state index in [1.807, 2.05) is 13.0 Å². The fraction of sp³-hybridized carbons (Fsp3) is 0.625. The highest BCUT2D eigenvalue weighted by molar-refractivity contribution is 5.30. The SMILES string of the molecule is CC(C)N(CCOc1ccc([C@@H](C)N)cc1F)C(C)C. The summed E-state index contributed by atoms with van der Waals surface area (Å²) < 4.78 is 19.4. The van der Waals surface area contributed by atoms with Crippen LogP contribution in [0.3, 0.4) is 0 Å². The number of hydrogen-bond acceptors (Lipinski definition) is 3. The molecule has 0 aliphatic rings. The average Bonchev–Trinajstić information content (AvgIpc) is 2.34. The third kappa shape index (κ3) is 4.76. The van der Waals surface area contributed by atoms with Crippen molar-refractivity contribution in [3.63, 3.8) is 0 Å². The largest absolute Gasteiger partial charge is 0.489 e. The van der Waals surface area contributed by atoms with Gasteiger partial charge in [-0.15, -0.1) is 0 Å². The lowest BCUT2D eigenvalue weighted by atomic mass is 10.1. The number of benzene rings is 1. The molecule has 1 rings (SSSR count).